The lowest BCUT2D eigenvalue weighted by atomic mass is 9.98. The van der Waals surface area contributed by atoms with Gasteiger partial charge in [-0.3, -0.25) is 0 Å². The Hall–Kier alpha value is -6.13. The molecular weight excluding hydrogens is 550 g/mol. The van der Waals surface area contributed by atoms with E-state index < -0.39 is 0 Å². The van der Waals surface area contributed by atoms with Crippen molar-refractivity contribution < 1.29 is 4.42 Å². The summed E-state index contributed by atoms with van der Waals surface area (Å²) in [6.45, 7) is 0. The zero-order valence-electron chi connectivity index (χ0n) is 24.2. The lowest BCUT2D eigenvalue weighted by molar-refractivity contribution is 0.620. The number of oxazole rings is 1. The summed E-state index contributed by atoms with van der Waals surface area (Å²) < 4.78 is 6.21. The van der Waals surface area contributed by atoms with Gasteiger partial charge in [-0.25, -0.2) is 15.0 Å². The summed E-state index contributed by atoms with van der Waals surface area (Å²) in [7, 11) is 0. The number of fused-ring (bicyclic) bond motifs is 6. The number of nitrogens with zero attached hydrogens (tertiary/aromatic N) is 3. The molecule has 9 rings (SSSR count). The van der Waals surface area contributed by atoms with E-state index in [9.17, 15) is 0 Å². The van der Waals surface area contributed by atoms with Gasteiger partial charge < -0.3 is 4.42 Å². The van der Waals surface area contributed by atoms with Crippen LogP contribution in [0.25, 0.3) is 88.8 Å². The first kappa shape index (κ1) is 25.4. The van der Waals surface area contributed by atoms with Crippen LogP contribution in [-0.2, 0) is 0 Å². The van der Waals surface area contributed by atoms with E-state index in [4.69, 9.17) is 19.4 Å². The third kappa shape index (κ3) is 4.43. The Labute approximate surface area is 259 Å². The zero-order chi connectivity index (χ0) is 29.7. The standard InChI is InChI=1S/C41H25N3O/c1-3-10-27(11-4-1)35-25-36(32-18-15-26-9-7-8-14-30(26)23-32)43-40(42-35)33-19-21-34-31(24-33)17-16-28-20-22-37-39(38(28)34)44-41(45-37)29-12-5-2-6-13-29/h1-25H. The fourth-order valence-electron chi connectivity index (χ4n) is 6.21. The van der Waals surface area contributed by atoms with Crippen molar-refractivity contribution in [1.29, 1.82) is 0 Å². The van der Waals surface area contributed by atoms with Crippen LogP contribution in [0.1, 0.15) is 0 Å². The van der Waals surface area contributed by atoms with Crippen molar-refractivity contribution >= 4 is 43.4 Å². The molecule has 7 aromatic carbocycles. The maximum atomic E-state index is 6.21. The summed E-state index contributed by atoms with van der Waals surface area (Å²) in [5.74, 6) is 1.31. The molecule has 0 N–H and O–H groups in total. The van der Waals surface area contributed by atoms with Crippen molar-refractivity contribution in [2.45, 2.75) is 0 Å². The van der Waals surface area contributed by atoms with Crippen LogP contribution in [-0.4, -0.2) is 15.0 Å². The first-order chi connectivity index (χ1) is 22.3. The molecular formula is C41H25N3O. The van der Waals surface area contributed by atoms with Gasteiger partial charge in [-0.15, -0.1) is 0 Å². The van der Waals surface area contributed by atoms with E-state index in [-0.39, 0.29) is 0 Å². The molecule has 0 unspecified atom stereocenters. The van der Waals surface area contributed by atoms with Crippen LogP contribution in [0.5, 0.6) is 0 Å². The summed E-state index contributed by atoms with van der Waals surface area (Å²) in [5.41, 5.74) is 7.45. The highest BCUT2D eigenvalue weighted by molar-refractivity contribution is 6.18. The zero-order valence-corrected chi connectivity index (χ0v) is 24.2. The first-order valence-corrected chi connectivity index (χ1v) is 15.0. The SMILES string of the molecule is c1ccc(-c2cc(-c3ccc4ccccc4c3)nc(-c3ccc4c(ccc5ccc6oc(-c7ccccc7)nc6c54)c3)n2)cc1. The predicted molar refractivity (Wildman–Crippen MR) is 184 cm³/mol. The van der Waals surface area contributed by atoms with Crippen molar-refractivity contribution in [2.75, 3.05) is 0 Å². The third-order valence-corrected chi connectivity index (χ3v) is 8.48. The van der Waals surface area contributed by atoms with Gasteiger partial charge in [-0.2, -0.15) is 0 Å². The molecule has 0 saturated heterocycles. The van der Waals surface area contributed by atoms with Gasteiger partial charge in [0.1, 0.15) is 5.52 Å². The minimum Gasteiger partial charge on any atom is -0.436 e. The highest BCUT2D eigenvalue weighted by Crippen LogP contribution is 2.36. The average Bonchev–Trinajstić information content (AvgIpc) is 3.56. The second-order valence-corrected chi connectivity index (χ2v) is 11.3. The Morgan fingerprint density at radius 3 is 1.84 bits per heavy atom. The Kier molecular flexibility index (Phi) is 5.78. The molecule has 2 aromatic heterocycles. The van der Waals surface area contributed by atoms with Crippen molar-refractivity contribution in [3.05, 3.63) is 152 Å². The highest BCUT2D eigenvalue weighted by Gasteiger charge is 2.15. The van der Waals surface area contributed by atoms with Crippen LogP contribution in [0.15, 0.2) is 156 Å². The molecule has 0 aliphatic heterocycles. The lowest BCUT2D eigenvalue weighted by Crippen LogP contribution is -1.96. The van der Waals surface area contributed by atoms with Crippen molar-refractivity contribution in [3.8, 4) is 45.4 Å². The van der Waals surface area contributed by atoms with Crippen molar-refractivity contribution in [3.63, 3.8) is 0 Å². The fourth-order valence-corrected chi connectivity index (χ4v) is 6.21. The van der Waals surface area contributed by atoms with E-state index in [1.54, 1.807) is 0 Å². The van der Waals surface area contributed by atoms with E-state index in [1.165, 1.54) is 10.8 Å². The quantitative estimate of drug-likeness (QED) is 0.196. The minimum atomic E-state index is 0.624. The minimum absolute atomic E-state index is 0.624. The molecule has 45 heavy (non-hydrogen) atoms. The molecule has 0 fully saturated rings. The summed E-state index contributed by atoms with van der Waals surface area (Å²) in [6.07, 6.45) is 0. The second-order valence-electron chi connectivity index (χ2n) is 11.3. The number of hydrogen-bond donors (Lipinski definition) is 0. The Morgan fingerprint density at radius 2 is 1.02 bits per heavy atom. The van der Waals surface area contributed by atoms with Gasteiger partial charge in [0.25, 0.3) is 0 Å². The predicted octanol–water partition coefficient (Wildman–Crippen LogP) is 10.7. The molecule has 0 amide bonds. The monoisotopic (exact) mass is 575 g/mol. The van der Waals surface area contributed by atoms with Gasteiger partial charge in [0, 0.05) is 27.6 Å². The molecule has 0 bridgehead atoms. The number of rotatable bonds is 4. The van der Waals surface area contributed by atoms with Gasteiger partial charge in [0.15, 0.2) is 11.4 Å². The summed E-state index contributed by atoms with van der Waals surface area (Å²) in [4.78, 5) is 15.2. The first-order valence-electron chi connectivity index (χ1n) is 15.0. The average molecular weight is 576 g/mol. The Morgan fingerprint density at radius 1 is 0.400 bits per heavy atom. The van der Waals surface area contributed by atoms with Gasteiger partial charge in [-0.1, -0.05) is 115 Å². The molecule has 0 aliphatic carbocycles. The maximum Gasteiger partial charge on any atom is 0.227 e. The lowest BCUT2D eigenvalue weighted by Gasteiger charge is -2.11. The van der Waals surface area contributed by atoms with E-state index in [0.29, 0.717) is 11.7 Å². The third-order valence-electron chi connectivity index (χ3n) is 8.48. The largest absolute Gasteiger partial charge is 0.436 e. The van der Waals surface area contributed by atoms with Crippen LogP contribution >= 0.6 is 0 Å². The van der Waals surface area contributed by atoms with E-state index in [1.807, 2.05) is 54.6 Å². The van der Waals surface area contributed by atoms with Gasteiger partial charge >= 0.3 is 0 Å². The van der Waals surface area contributed by atoms with Gasteiger partial charge in [-0.05, 0) is 63.3 Å². The second kappa shape index (κ2) is 10.2. The van der Waals surface area contributed by atoms with Crippen LogP contribution < -0.4 is 0 Å². The van der Waals surface area contributed by atoms with E-state index >= 15 is 0 Å². The topological polar surface area (TPSA) is 51.8 Å². The van der Waals surface area contributed by atoms with Crippen LogP contribution in [0, 0.1) is 0 Å². The summed E-state index contributed by atoms with van der Waals surface area (Å²) in [6, 6.07) is 52.2. The summed E-state index contributed by atoms with van der Waals surface area (Å²) in [5, 5.41) is 6.80. The molecule has 9 aromatic rings. The van der Waals surface area contributed by atoms with Gasteiger partial charge in [0.05, 0.1) is 11.4 Å². The number of hydrogen-bond acceptors (Lipinski definition) is 4. The maximum absolute atomic E-state index is 6.21. The van der Waals surface area contributed by atoms with Crippen LogP contribution in [0.2, 0.25) is 0 Å². The van der Waals surface area contributed by atoms with E-state index in [2.05, 4.69) is 97.1 Å². The fraction of sp³-hybridized carbons (Fsp3) is 0. The molecule has 4 nitrogen and oxygen atoms in total. The Bertz CT molecular complexity index is 2540. The molecule has 0 spiro atoms. The Balaban J connectivity index is 1.22. The molecule has 0 atom stereocenters. The normalized spacial score (nSPS) is 11.6. The molecule has 2 heterocycles. The molecule has 0 radical (unpaired) electrons. The smallest absolute Gasteiger partial charge is 0.227 e. The molecule has 4 heteroatoms. The van der Waals surface area contributed by atoms with Crippen LogP contribution in [0.4, 0.5) is 0 Å². The summed E-state index contributed by atoms with van der Waals surface area (Å²) >= 11 is 0. The number of aromatic nitrogens is 3. The number of benzene rings is 7. The molecule has 210 valence electrons. The van der Waals surface area contributed by atoms with Crippen molar-refractivity contribution in [2.24, 2.45) is 0 Å². The highest BCUT2D eigenvalue weighted by atomic mass is 16.3. The molecule has 0 aliphatic rings. The van der Waals surface area contributed by atoms with Gasteiger partial charge in [0.2, 0.25) is 5.89 Å². The van der Waals surface area contributed by atoms with Crippen molar-refractivity contribution in [1.82, 2.24) is 15.0 Å². The molecule has 0 saturated carbocycles. The van der Waals surface area contributed by atoms with E-state index in [0.717, 1.165) is 66.3 Å². The van der Waals surface area contributed by atoms with Crippen LogP contribution in [0.3, 0.4) is 0 Å².